The third-order valence-electron chi connectivity index (χ3n) is 6.19. The molecule has 1 aliphatic carbocycles. The summed E-state index contributed by atoms with van der Waals surface area (Å²) in [5, 5.41) is 6.95. The van der Waals surface area contributed by atoms with Crippen LogP contribution in [0.4, 0.5) is 5.13 Å². The van der Waals surface area contributed by atoms with Gasteiger partial charge < -0.3 is 5.32 Å². The summed E-state index contributed by atoms with van der Waals surface area (Å²) in [6.45, 7) is 6.14. The number of allylic oxidation sites excluding steroid dienone is 3. The molecule has 7 heteroatoms. The van der Waals surface area contributed by atoms with Gasteiger partial charge in [-0.25, -0.2) is 4.98 Å². The van der Waals surface area contributed by atoms with E-state index < -0.39 is 5.92 Å². The van der Waals surface area contributed by atoms with Gasteiger partial charge in [0.1, 0.15) is 0 Å². The topological polar surface area (TPSA) is 71.1 Å². The number of benzene rings is 2. The van der Waals surface area contributed by atoms with E-state index in [0.29, 0.717) is 22.7 Å². The predicted octanol–water partition coefficient (Wildman–Crippen LogP) is 6.30. The minimum absolute atomic E-state index is 0.102. The van der Waals surface area contributed by atoms with Gasteiger partial charge in [0.05, 0.1) is 10.2 Å². The molecule has 5 rings (SSSR count). The average Bonchev–Trinajstić information content (AvgIpc) is 3.13. The Morgan fingerprint density at radius 2 is 1.94 bits per heavy atom. The van der Waals surface area contributed by atoms with Gasteiger partial charge in [-0.15, -0.1) is 0 Å². The van der Waals surface area contributed by atoms with Crippen LogP contribution in [0.15, 0.2) is 75.5 Å². The van der Waals surface area contributed by atoms with E-state index in [1.165, 1.54) is 11.3 Å². The Morgan fingerprint density at radius 3 is 2.70 bits per heavy atom. The van der Waals surface area contributed by atoms with E-state index >= 15 is 0 Å². The van der Waals surface area contributed by atoms with Gasteiger partial charge in [-0.3, -0.25) is 14.9 Å². The van der Waals surface area contributed by atoms with Crippen LogP contribution in [0.5, 0.6) is 0 Å². The standard InChI is InChI=1S/C26H24BrN3O2S/c1-14-21(24(32)30-25-29-17-10-9-16(27)11-20(17)33-25)22(15-7-5-4-6-8-15)23-18(28-14)12-26(2,3)13-19(23)31/h4-11,22,28H,12-13H2,1-3H3,(H,29,30,32)/t22-/m1/s1. The summed E-state index contributed by atoms with van der Waals surface area (Å²) in [7, 11) is 0. The summed E-state index contributed by atoms with van der Waals surface area (Å²) < 4.78 is 1.95. The molecule has 2 N–H and O–H groups in total. The number of ketones is 1. The lowest BCUT2D eigenvalue weighted by Gasteiger charge is -2.39. The highest BCUT2D eigenvalue weighted by Crippen LogP contribution is 2.46. The number of amides is 1. The minimum atomic E-state index is -0.408. The molecule has 5 nitrogen and oxygen atoms in total. The van der Waals surface area contributed by atoms with Gasteiger partial charge in [-0.05, 0) is 42.5 Å². The van der Waals surface area contributed by atoms with Crippen LogP contribution >= 0.6 is 27.3 Å². The van der Waals surface area contributed by atoms with Crippen molar-refractivity contribution < 1.29 is 9.59 Å². The lowest BCUT2D eigenvalue weighted by Crippen LogP contribution is -2.39. The quantitative estimate of drug-likeness (QED) is 0.424. The molecule has 33 heavy (non-hydrogen) atoms. The number of carbonyl (C=O) groups excluding carboxylic acids is 2. The zero-order chi connectivity index (χ0) is 23.3. The Hall–Kier alpha value is -2.77. The van der Waals surface area contributed by atoms with Gasteiger partial charge in [0, 0.05) is 39.4 Å². The molecule has 0 fully saturated rings. The molecule has 0 radical (unpaired) electrons. The summed E-state index contributed by atoms with van der Waals surface area (Å²) in [6.07, 6.45) is 1.24. The maximum atomic E-state index is 13.6. The summed E-state index contributed by atoms with van der Waals surface area (Å²) in [6, 6.07) is 15.7. The average molecular weight is 522 g/mol. The van der Waals surface area contributed by atoms with Crippen LogP contribution in [0.3, 0.4) is 0 Å². The number of nitrogens with one attached hydrogen (secondary N) is 2. The molecule has 1 aromatic heterocycles. The van der Waals surface area contributed by atoms with Crippen LogP contribution < -0.4 is 10.6 Å². The van der Waals surface area contributed by atoms with E-state index in [2.05, 4.69) is 45.4 Å². The third-order valence-corrected chi connectivity index (χ3v) is 7.62. The fourth-order valence-electron chi connectivity index (χ4n) is 4.83. The number of aromatic nitrogens is 1. The number of thiazole rings is 1. The SMILES string of the molecule is CC1=C(C(=O)Nc2nc3ccc(Br)cc3s2)[C@@H](c2ccccc2)C2=C(CC(C)(C)CC2=O)N1. The zero-order valence-electron chi connectivity index (χ0n) is 18.7. The van der Waals surface area contributed by atoms with Crippen molar-refractivity contribution in [2.45, 2.75) is 39.5 Å². The molecule has 0 saturated heterocycles. The van der Waals surface area contributed by atoms with E-state index in [9.17, 15) is 9.59 Å². The number of hydrogen-bond acceptors (Lipinski definition) is 5. The second kappa shape index (κ2) is 8.22. The first-order valence-electron chi connectivity index (χ1n) is 10.9. The molecule has 1 atom stereocenters. The van der Waals surface area contributed by atoms with Crippen LogP contribution in [0, 0.1) is 5.41 Å². The Labute approximate surface area is 205 Å². The van der Waals surface area contributed by atoms with Crippen molar-refractivity contribution >= 4 is 54.3 Å². The Bertz CT molecular complexity index is 1350. The molecule has 0 bridgehead atoms. The van der Waals surface area contributed by atoms with Gasteiger partial charge in [-0.1, -0.05) is 71.4 Å². The molecular weight excluding hydrogens is 498 g/mol. The zero-order valence-corrected chi connectivity index (χ0v) is 21.1. The van der Waals surface area contributed by atoms with E-state index in [0.717, 1.165) is 38.1 Å². The molecule has 0 unspecified atom stereocenters. The molecule has 3 aromatic rings. The number of fused-ring (bicyclic) bond motifs is 1. The largest absolute Gasteiger partial charge is 0.362 e. The first-order chi connectivity index (χ1) is 15.7. The van der Waals surface area contributed by atoms with Crippen LogP contribution in [0.2, 0.25) is 0 Å². The number of nitrogens with zero attached hydrogens (tertiary/aromatic N) is 1. The molecule has 0 spiro atoms. The van der Waals surface area contributed by atoms with Crippen LogP contribution in [0.1, 0.15) is 45.1 Å². The fraction of sp³-hybridized carbons (Fsp3) is 0.269. The van der Waals surface area contributed by atoms with Gasteiger partial charge in [-0.2, -0.15) is 0 Å². The second-order valence-electron chi connectivity index (χ2n) is 9.43. The summed E-state index contributed by atoms with van der Waals surface area (Å²) in [4.78, 5) is 31.5. The highest BCUT2D eigenvalue weighted by atomic mass is 79.9. The highest BCUT2D eigenvalue weighted by Gasteiger charge is 2.42. The fourth-order valence-corrected chi connectivity index (χ4v) is 6.25. The number of rotatable bonds is 3. The molecule has 1 aliphatic heterocycles. The van der Waals surface area contributed by atoms with E-state index in [-0.39, 0.29) is 17.1 Å². The lowest BCUT2D eigenvalue weighted by molar-refractivity contribution is -0.118. The van der Waals surface area contributed by atoms with Gasteiger partial charge >= 0.3 is 0 Å². The highest BCUT2D eigenvalue weighted by molar-refractivity contribution is 9.10. The minimum Gasteiger partial charge on any atom is -0.362 e. The number of anilines is 1. The summed E-state index contributed by atoms with van der Waals surface area (Å²) in [5.41, 5.74) is 4.65. The van der Waals surface area contributed by atoms with E-state index in [1.54, 1.807) is 0 Å². The molecule has 0 saturated carbocycles. The molecule has 2 aromatic carbocycles. The molecular formula is C26H24BrN3O2S. The van der Waals surface area contributed by atoms with Crippen molar-refractivity contribution in [1.82, 2.24) is 10.3 Å². The van der Waals surface area contributed by atoms with Crippen molar-refractivity contribution in [2.75, 3.05) is 5.32 Å². The van der Waals surface area contributed by atoms with Crippen molar-refractivity contribution in [3.05, 3.63) is 81.1 Å². The molecule has 2 heterocycles. The third kappa shape index (κ3) is 4.15. The van der Waals surface area contributed by atoms with Crippen LogP contribution in [-0.4, -0.2) is 16.7 Å². The first kappa shape index (κ1) is 22.0. The number of halogens is 1. The monoisotopic (exact) mass is 521 g/mol. The maximum absolute atomic E-state index is 13.6. The number of Topliss-reactive ketones (excluding diaryl/α,β-unsaturated/α-hetero) is 1. The maximum Gasteiger partial charge on any atom is 0.256 e. The van der Waals surface area contributed by atoms with Gasteiger partial charge in [0.25, 0.3) is 5.91 Å². The normalized spacial score (nSPS) is 20.0. The van der Waals surface area contributed by atoms with Crippen molar-refractivity contribution in [2.24, 2.45) is 5.41 Å². The summed E-state index contributed by atoms with van der Waals surface area (Å²) in [5.74, 6) is -0.545. The van der Waals surface area contributed by atoms with Crippen LogP contribution in [0.25, 0.3) is 10.2 Å². The number of dihydropyridines is 1. The smallest absolute Gasteiger partial charge is 0.256 e. The Kier molecular flexibility index (Phi) is 5.49. The van der Waals surface area contributed by atoms with E-state index in [4.69, 9.17) is 0 Å². The number of hydrogen-bond donors (Lipinski definition) is 2. The van der Waals surface area contributed by atoms with Crippen molar-refractivity contribution in [3.63, 3.8) is 0 Å². The second-order valence-corrected chi connectivity index (χ2v) is 11.4. The van der Waals surface area contributed by atoms with Crippen LogP contribution in [-0.2, 0) is 9.59 Å². The molecule has 2 aliphatic rings. The van der Waals surface area contributed by atoms with Crippen molar-refractivity contribution in [1.29, 1.82) is 0 Å². The first-order valence-corrected chi connectivity index (χ1v) is 12.5. The number of carbonyl (C=O) groups is 2. The lowest BCUT2D eigenvalue weighted by atomic mass is 9.68. The molecule has 168 valence electrons. The molecule has 1 amide bonds. The Morgan fingerprint density at radius 1 is 1.18 bits per heavy atom. The Balaban J connectivity index is 1.56. The predicted molar refractivity (Wildman–Crippen MR) is 136 cm³/mol. The van der Waals surface area contributed by atoms with Gasteiger partial charge in [0.2, 0.25) is 0 Å². The van der Waals surface area contributed by atoms with E-state index in [1.807, 2.05) is 55.5 Å². The summed E-state index contributed by atoms with van der Waals surface area (Å²) >= 11 is 4.91. The van der Waals surface area contributed by atoms with Gasteiger partial charge in [0.15, 0.2) is 10.9 Å². The van der Waals surface area contributed by atoms with Crippen molar-refractivity contribution in [3.8, 4) is 0 Å².